The van der Waals surface area contributed by atoms with Crippen LogP contribution in [0.5, 0.6) is 0 Å². The number of carbonyl (C=O) groups is 2. The Morgan fingerprint density at radius 3 is 2.58 bits per heavy atom. The van der Waals surface area contributed by atoms with Crippen molar-refractivity contribution < 1.29 is 14.3 Å². The third-order valence-corrected chi connectivity index (χ3v) is 4.57. The van der Waals surface area contributed by atoms with Crippen LogP contribution in [0.3, 0.4) is 0 Å². The number of benzene rings is 2. The number of ether oxygens (including phenoxy) is 1. The van der Waals surface area contributed by atoms with Gasteiger partial charge in [-0.1, -0.05) is 48.0 Å². The molecule has 2 atom stereocenters. The first kappa shape index (κ1) is 17.7. The standard InChI is InChI=1S/C21H20N2O3/c1-3-26-21(25)17(12-22)19-16-6-4-5-7-18(16)23(20(19)24)13-15-10-8-14(2)9-11-15/h4-11,17,19H,3,13H2,1-2H3. The Kier molecular flexibility index (Phi) is 5.04. The van der Waals surface area contributed by atoms with Crippen LogP contribution in [0.25, 0.3) is 0 Å². The summed E-state index contributed by atoms with van der Waals surface area (Å²) in [6.07, 6.45) is 0. The van der Waals surface area contributed by atoms with Crippen LogP contribution in [-0.4, -0.2) is 18.5 Å². The Morgan fingerprint density at radius 2 is 1.92 bits per heavy atom. The summed E-state index contributed by atoms with van der Waals surface area (Å²) in [5.74, 6) is -2.88. The van der Waals surface area contributed by atoms with Gasteiger partial charge in [0.1, 0.15) is 0 Å². The first-order valence-electron chi connectivity index (χ1n) is 8.59. The molecule has 1 aliphatic heterocycles. The highest BCUT2D eigenvalue weighted by Crippen LogP contribution is 2.42. The van der Waals surface area contributed by atoms with Crippen LogP contribution in [0.2, 0.25) is 0 Å². The monoisotopic (exact) mass is 348 g/mol. The number of para-hydroxylation sites is 1. The molecular formula is C21H20N2O3. The number of amides is 1. The highest BCUT2D eigenvalue weighted by Gasteiger charge is 2.45. The molecule has 0 bridgehead atoms. The number of aryl methyl sites for hydroxylation is 1. The summed E-state index contributed by atoms with van der Waals surface area (Å²) in [6.45, 7) is 4.26. The van der Waals surface area contributed by atoms with E-state index in [-0.39, 0.29) is 12.5 Å². The van der Waals surface area contributed by atoms with Gasteiger partial charge >= 0.3 is 5.97 Å². The van der Waals surface area contributed by atoms with E-state index in [2.05, 4.69) is 0 Å². The third-order valence-electron chi connectivity index (χ3n) is 4.57. The lowest BCUT2D eigenvalue weighted by molar-refractivity contribution is -0.148. The third kappa shape index (κ3) is 3.18. The zero-order valence-electron chi connectivity index (χ0n) is 14.8. The molecule has 0 N–H and O–H groups in total. The molecule has 132 valence electrons. The number of nitriles is 1. The van der Waals surface area contributed by atoms with Crippen LogP contribution >= 0.6 is 0 Å². The van der Waals surface area contributed by atoms with Gasteiger partial charge in [0.25, 0.3) is 0 Å². The molecule has 0 spiro atoms. The minimum Gasteiger partial charge on any atom is -0.465 e. The van der Waals surface area contributed by atoms with E-state index in [4.69, 9.17) is 4.74 Å². The van der Waals surface area contributed by atoms with Crippen LogP contribution in [0.15, 0.2) is 48.5 Å². The second-order valence-electron chi connectivity index (χ2n) is 6.31. The van der Waals surface area contributed by atoms with Crippen molar-refractivity contribution in [3.63, 3.8) is 0 Å². The lowest BCUT2D eigenvalue weighted by atomic mass is 9.88. The van der Waals surface area contributed by atoms with Crippen molar-refractivity contribution in [3.8, 4) is 6.07 Å². The smallest absolute Gasteiger partial charge is 0.324 e. The summed E-state index contributed by atoms with van der Waals surface area (Å²) in [5, 5.41) is 9.51. The number of esters is 1. The lowest BCUT2D eigenvalue weighted by Crippen LogP contribution is -2.33. The molecule has 0 saturated heterocycles. The number of carbonyl (C=O) groups excluding carboxylic acids is 2. The van der Waals surface area contributed by atoms with Gasteiger partial charge in [0.2, 0.25) is 5.91 Å². The molecule has 1 aliphatic rings. The van der Waals surface area contributed by atoms with Gasteiger partial charge in [0, 0.05) is 5.69 Å². The molecule has 26 heavy (non-hydrogen) atoms. The SMILES string of the molecule is CCOC(=O)C(C#N)C1C(=O)N(Cc2ccc(C)cc2)c2ccccc21. The van der Waals surface area contributed by atoms with Crippen molar-refractivity contribution in [2.75, 3.05) is 11.5 Å². The van der Waals surface area contributed by atoms with E-state index < -0.39 is 17.8 Å². The Morgan fingerprint density at radius 1 is 1.23 bits per heavy atom. The minimum atomic E-state index is -1.15. The molecule has 0 fully saturated rings. The minimum absolute atomic E-state index is 0.173. The van der Waals surface area contributed by atoms with Crippen molar-refractivity contribution in [1.82, 2.24) is 0 Å². The van der Waals surface area contributed by atoms with E-state index in [1.54, 1.807) is 17.9 Å². The van der Waals surface area contributed by atoms with Crippen LogP contribution < -0.4 is 4.90 Å². The van der Waals surface area contributed by atoms with Crippen molar-refractivity contribution in [2.45, 2.75) is 26.3 Å². The highest BCUT2D eigenvalue weighted by molar-refractivity contribution is 6.07. The van der Waals surface area contributed by atoms with Gasteiger partial charge in [-0.25, -0.2) is 0 Å². The molecule has 5 heteroatoms. The fourth-order valence-electron chi connectivity index (χ4n) is 3.27. The van der Waals surface area contributed by atoms with E-state index in [1.165, 1.54) is 0 Å². The number of fused-ring (bicyclic) bond motifs is 1. The maximum atomic E-state index is 13.1. The van der Waals surface area contributed by atoms with Crippen LogP contribution in [0, 0.1) is 24.2 Å². The van der Waals surface area contributed by atoms with E-state index in [1.807, 2.05) is 55.5 Å². The average Bonchev–Trinajstić information content (AvgIpc) is 2.91. The van der Waals surface area contributed by atoms with Crippen molar-refractivity contribution >= 4 is 17.6 Å². The quantitative estimate of drug-likeness (QED) is 0.777. The van der Waals surface area contributed by atoms with E-state index >= 15 is 0 Å². The molecule has 2 unspecified atom stereocenters. The Balaban J connectivity index is 1.96. The van der Waals surface area contributed by atoms with Gasteiger partial charge in [-0.3, -0.25) is 9.59 Å². The number of anilines is 1. The Labute approximate surface area is 152 Å². The number of hydrogen-bond donors (Lipinski definition) is 0. The summed E-state index contributed by atoms with van der Waals surface area (Å²) in [4.78, 5) is 27.0. The maximum Gasteiger partial charge on any atom is 0.324 e. The van der Waals surface area contributed by atoms with Gasteiger partial charge < -0.3 is 9.64 Å². The fraction of sp³-hybridized carbons (Fsp3) is 0.286. The topological polar surface area (TPSA) is 70.4 Å². The Bertz CT molecular complexity index is 868. The molecule has 2 aromatic rings. The van der Waals surface area contributed by atoms with Crippen LogP contribution in [0.4, 0.5) is 5.69 Å². The predicted octanol–water partition coefficient (Wildman–Crippen LogP) is 3.33. The molecule has 1 amide bonds. The average molecular weight is 348 g/mol. The highest BCUT2D eigenvalue weighted by atomic mass is 16.5. The first-order valence-corrected chi connectivity index (χ1v) is 8.59. The van der Waals surface area contributed by atoms with Gasteiger partial charge in [-0.15, -0.1) is 0 Å². The molecule has 0 saturated carbocycles. The Hall–Kier alpha value is -3.13. The summed E-state index contributed by atoms with van der Waals surface area (Å²) in [5.41, 5.74) is 3.58. The normalized spacial score (nSPS) is 16.7. The summed E-state index contributed by atoms with van der Waals surface area (Å²) in [7, 11) is 0. The van der Waals surface area contributed by atoms with Gasteiger partial charge in [-0.2, -0.15) is 5.26 Å². The van der Waals surface area contributed by atoms with Crippen molar-refractivity contribution in [2.24, 2.45) is 5.92 Å². The molecular weight excluding hydrogens is 328 g/mol. The van der Waals surface area contributed by atoms with E-state index in [0.717, 1.165) is 16.8 Å². The summed E-state index contributed by atoms with van der Waals surface area (Å²) in [6, 6.07) is 17.2. The van der Waals surface area contributed by atoms with Crippen molar-refractivity contribution in [1.29, 1.82) is 5.26 Å². The van der Waals surface area contributed by atoms with Gasteiger partial charge in [-0.05, 0) is 31.0 Å². The molecule has 3 rings (SSSR count). The lowest BCUT2D eigenvalue weighted by Gasteiger charge is -2.19. The van der Waals surface area contributed by atoms with Crippen molar-refractivity contribution in [3.05, 3.63) is 65.2 Å². The first-order chi connectivity index (χ1) is 12.6. The van der Waals surface area contributed by atoms with E-state index in [0.29, 0.717) is 12.1 Å². The predicted molar refractivity (Wildman–Crippen MR) is 97.3 cm³/mol. The molecule has 5 nitrogen and oxygen atoms in total. The summed E-state index contributed by atoms with van der Waals surface area (Å²) < 4.78 is 5.01. The summed E-state index contributed by atoms with van der Waals surface area (Å²) >= 11 is 0. The molecule has 0 aliphatic carbocycles. The molecule has 0 aromatic heterocycles. The molecule has 1 heterocycles. The van der Waals surface area contributed by atoms with Gasteiger partial charge in [0.05, 0.1) is 25.1 Å². The zero-order chi connectivity index (χ0) is 18.7. The largest absolute Gasteiger partial charge is 0.465 e. The maximum absolute atomic E-state index is 13.1. The van der Waals surface area contributed by atoms with Gasteiger partial charge in [0.15, 0.2) is 5.92 Å². The molecule has 2 aromatic carbocycles. The fourth-order valence-corrected chi connectivity index (χ4v) is 3.27. The van der Waals surface area contributed by atoms with Crippen LogP contribution in [-0.2, 0) is 20.9 Å². The number of rotatable bonds is 5. The van der Waals surface area contributed by atoms with Crippen LogP contribution in [0.1, 0.15) is 29.5 Å². The molecule has 0 radical (unpaired) electrons. The second-order valence-corrected chi connectivity index (χ2v) is 6.31. The number of hydrogen-bond acceptors (Lipinski definition) is 4. The second kappa shape index (κ2) is 7.40. The van der Waals surface area contributed by atoms with E-state index in [9.17, 15) is 14.9 Å². The number of nitrogens with zero attached hydrogens (tertiary/aromatic N) is 2. The zero-order valence-corrected chi connectivity index (χ0v) is 14.8.